The number of likely N-dealkylation sites (N-methyl/N-ethyl adjacent to an activating group) is 1. The molecule has 0 saturated heterocycles. The number of ether oxygens (including phenoxy) is 1. The molecule has 2 amide bonds. The quantitative estimate of drug-likeness (QED) is 0.728. The van der Waals surface area contributed by atoms with E-state index in [-0.39, 0.29) is 18.4 Å². The largest absolute Gasteiger partial charge is 0.484 e. The van der Waals surface area contributed by atoms with E-state index >= 15 is 0 Å². The van der Waals surface area contributed by atoms with Crippen LogP contribution in [-0.2, 0) is 16.1 Å². The summed E-state index contributed by atoms with van der Waals surface area (Å²) < 4.78 is 5.67. The predicted molar refractivity (Wildman–Crippen MR) is 112 cm³/mol. The lowest BCUT2D eigenvalue weighted by Crippen LogP contribution is -2.49. The van der Waals surface area contributed by atoms with Crippen LogP contribution in [0.3, 0.4) is 0 Å². The number of rotatable bonds is 8. The minimum atomic E-state index is -0.561. The number of hydrogen-bond donors (Lipinski definition) is 1. The fourth-order valence-electron chi connectivity index (χ4n) is 2.91. The van der Waals surface area contributed by atoms with Crippen LogP contribution in [0.2, 0.25) is 5.02 Å². The Labute approximate surface area is 171 Å². The molecule has 5 nitrogen and oxygen atoms in total. The van der Waals surface area contributed by atoms with Gasteiger partial charge in [0.05, 0.1) is 0 Å². The lowest BCUT2D eigenvalue weighted by Gasteiger charge is -2.30. The molecule has 0 bridgehead atoms. The molecule has 0 spiro atoms. The van der Waals surface area contributed by atoms with Gasteiger partial charge >= 0.3 is 0 Å². The maximum atomic E-state index is 13.0. The van der Waals surface area contributed by atoms with Crippen LogP contribution < -0.4 is 10.1 Å². The first kappa shape index (κ1) is 21.8. The average Bonchev–Trinajstić information content (AvgIpc) is 2.69. The maximum absolute atomic E-state index is 13.0. The second-order valence-electron chi connectivity index (χ2n) is 6.75. The third-order valence-electron chi connectivity index (χ3n) is 4.60. The molecule has 1 N–H and O–H groups in total. The monoisotopic (exact) mass is 402 g/mol. The van der Waals surface area contributed by atoms with E-state index in [1.807, 2.05) is 45.0 Å². The van der Waals surface area contributed by atoms with Gasteiger partial charge < -0.3 is 15.0 Å². The Morgan fingerprint density at radius 3 is 2.39 bits per heavy atom. The molecule has 0 aliphatic carbocycles. The first-order valence-electron chi connectivity index (χ1n) is 9.31. The molecular weight excluding hydrogens is 376 g/mol. The van der Waals surface area contributed by atoms with Crippen LogP contribution in [0.15, 0.2) is 42.5 Å². The van der Waals surface area contributed by atoms with Crippen molar-refractivity contribution in [1.29, 1.82) is 0 Å². The fourth-order valence-corrected chi connectivity index (χ4v) is 3.03. The van der Waals surface area contributed by atoms with E-state index in [2.05, 4.69) is 5.32 Å². The molecule has 2 aromatic carbocycles. The number of benzene rings is 2. The zero-order valence-corrected chi connectivity index (χ0v) is 17.5. The summed E-state index contributed by atoms with van der Waals surface area (Å²) in [5.74, 6) is 0.132. The molecule has 0 aromatic heterocycles. The van der Waals surface area contributed by atoms with Crippen molar-refractivity contribution in [2.45, 2.75) is 39.8 Å². The van der Waals surface area contributed by atoms with E-state index in [1.165, 1.54) is 0 Å². The van der Waals surface area contributed by atoms with E-state index in [4.69, 9.17) is 16.3 Å². The number of nitrogens with zero attached hydrogens (tertiary/aromatic N) is 1. The lowest BCUT2D eigenvalue weighted by molar-refractivity contribution is -0.142. The van der Waals surface area contributed by atoms with Crippen molar-refractivity contribution in [3.63, 3.8) is 0 Å². The van der Waals surface area contributed by atoms with E-state index in [9.17, 15) is 9.59 Å². The van der Waals surface area contributed by atoms with Gasteiger partial charge in [-0.1, -0.05) is 48.4 Å². The summed E-state index contributed by atoms with van der Waals surface area (Å²) >= 11 is 6.03. The first-order valence-corrected chi connectivity index (χ1v) is 9.69. The molecule has 0 heterocycles. The SMILES string of the molecule is CC[C@@H](C(=O)NC)N(Cc1ccc(C)cc1)C(=O)COc1ccc(Cl)c(C)c1. The first-order chi connectivity index (χ1) is 13.3. The zero-order chi connectivity index (χ0) is 20.7. The van der Waals surface area contributed by atoms with Gasteiger partial charge in [0.15, 0.2) is 6.61 Å². The maximum Gasteiger partial charge on any atom is 0.261 e. The highest BCUT2D eigenvalue weighted by Gasteiger charge is 2.28. The molecule has 1 atom stereocenters. The highest BCUT2D eigenvalue weighted by Crippen LogP contribution is 2.21. The van der Waals surface area contributed by atoms with Crippen LogP contribution in [0, 0.1) is 13.8 Å². The second kappa shape index (κ2) is 10.1. The lowest BCUT2D eigenvalue weighted by atomic mass is 10.1. The highest BCUT2D eigenvalue weighted by molar-refractivity contribution is 6.31. The van der Waals surface area contributed by atoms with Crippen LogP contribution >= 0.6 is 11.6 Å². The molecule has 6 heteroatoms. The predicted octanol–water partition coefficient (Wildman–Crippen LogP) is 3.89. The summed E-state index contributed by atoms with van der Waals surface area (Å²) in [4.78, 5) is 26.9. The number of amides is 2. The molecule has 2 rings (SSSR count). The molecule has 0 aliphatic heterocycles. The van der Waals surface area contributed by atoms with Crippen molar-refractivity contribution in [1.82, 2.24) is 10.2 Å². The molecule has 0 unspecified atom stereocenters. The third kappa shape index (κ3) is 5.73. The number of nitrogens with one attached hydrogen (secondary N) is 1. The minimum absolute atomic E-state index is 0.152. The van der Waals surface area contributed by atoms with Gasteiger partial charge in [-0.05, 0) is 49.6 Å². The molecule has 0 radical (unpaired) electrons. The van der Waals surface area contributed by atoms with Crippen LogP contribution in [-0.4, -0.2) is 36.4 Å². The summed E-state index contributed by atoms with van der Waals surface area (Å²) in [5.41, 5.74) is 2.98. The molecule has 0 saturated carbocycles. The van der Waals surface area contributed by atoms with Gasteiger partial charge in [0, 0.05) is 18.6 Å². The Balaban J connectivity index is 2.18. The highest BCUT2D eigenvalue weighted by atomic mass is 35.5. The Hall–Kier alpha value is -2.53. The van der Waals surface area contributed by atoms with Crippen molar-refractivity contribution in [3.05, 3.63) is 64.2 Å². The van der Waals surface area contributed by atoms with Gasteiger partial charge in [-0.25, -0.2) is 0 Å². The second-order valence-corrected chi connectivity index (χ2v) is 7.15. The van der Waals surface area contributed by atoms with Gasteiger partial charge in [0.2, 0.25) is 5.91 Å². The van der Waals surface area contributed by atoms with Crippen LogP contribution in [0.25, 0.3) is 0 Å². The summed E-state index contributed by atoms with van der Waals surface area (Å²) in [6, 6.07) is 12.6. The molecule has 0 fully saturated rings. The standard InChI is InChI=1S/C22H27ClN2O3/c1-5-20(22(27)24-4)25(13-17-8-6-15(2)7-9-17)21(26)14-28-18-10-11-19(23)16(3)12-18/h6-12,20H,5,13-14H2,1-4H3,(H,24,27)/t20-/m0/s1. The van der Waals surface area contributed by atoms with Gasteiger partial charge in [-0.3, -0.25) is 9.59 Å². The molecule has 150 valence electrons. The van der Waals surface area contributed by atoms with Gasteiger partial charge in [0.25, 0.3) is 5.91 Å². The summed E-state index contributed by atoms with van der Waals surface area (Å²) in [7, 11) is 1.58. The number of aryl methyl sites for hydroxylation is 2. The fraction of sp³-hybridized carbons (Fsp3) is 0.364. The van der Waals surface area contributed by atoms with Crippen molar-refractivity contribution in [3.8, 4) is 5.75 Å². The van der Waals surface area contributed by atoms with Crippen molar-refractivity contribution in [2.75, 3.05) is 13.7 Å². The smallest absolute Gasteiger partial charge is 0.261 e. The van der Waals surface area contributed by atoms with Crippen molar-refractivity contribution >= 4 is 23.4 Å². The topological polar surface area (TPSA) is 58.6 Å². The van der Waals surface area contributed by atoms with E-state index in [0.29, 0.717) is 23.7 Å². The van der Waals surface area contributed by atoms with Crippen molar-refractivity contribution < 1.29 is 14.3 Å². The Bertz CT molecular complexity index is 821. The Morgan fingerprint density at radius 1 is 1.14 bits per heavy atom. The van der Waals surface area contributed by atoms with E-state index in [1.54, 1.807) is 30.1 Å². The normalized spacial score (nSPS) is 11.6. The summed E-state index contributed by atoms with van der Waals surface area (Å²) in [6.45, 7) is 5.96. The molecule has 0 aliphatic rings. The van der Waals surface area contributed by atoms with Crippen molar-refractivity contribution in [2.24, 2.45) is 0 Å². The van der Waals surface area contributed by atoms with Gasteiger partial charge in [0.1, 0.15) is 11.8 Å². The summed E-state index contributed by atoms with van der Waals surface area (Å²) in [6.07, 6.45) is 0.511. The Kier molecular flexibility index (Phi) is 7.88. The zero-order valence-electron chi connectivity index (χ0n) is 16.8. The van der Waals surface area contributed by atoms with E-state index in [0.717, 1.165) is 16.7 Å². The molecular formula is C22H27ClN2O3. The summed E-state index contributed by atoms with van der Waals surface area (Å²) in [5, 5.41) is 3.29. The number of carbonyl (C=O) groups excluding carboxylic acids is 2. The van der Waals surface area contributed by atoms with Crippen LogP contribution in [0.1, 0.15) is 30.0 Å². The molecule has 28 heavy (non-hydrogen) atoms. The van der Waals surface area contributed by atoms with Crippen LogP contribution in [0.4, 0.5) is 0 Å². The average molecular weight is 403 g/mol. The third-order valence-corrected chi connectivity index (χ3v) is 5.02. The Morgan fingerprint density at radius 2 is 1.82 bits per heavy atom. The van der Waals surface area contributed by atoms with Gasteiger partial charge in [-0.2, -0.15) is 0 Å². The number of hydrogen-bond acceptors (Lipinski definition) is 3. The van der Waals surface area contributed by atoms with E-state index < -0.39 is 6.04 Å². The van der Waals surface area contributed by atoms with Crippen LogP contribution in [0.5, 0.6) is 5.75 Å². The van der Waals surface area contributed by atoms with Gasteiger partial charge in [-0.15, -0.1) is 0 Å². The molecule has 2 aromatic rings. The number of halogens is 1. The number of carbonyl (C=O) groups is 2. The minimum Gasteiger partial charge on any atom is -0.484 e.